The molecule has 192 valence electrons. The third-order valence-electron chi connectivity index (χ3n) is 6.29. The highest BCUT2D eigenvalue weighted by Crippen LogP contribution is 2.31. The summed E-state index contributed by atoms with van der Waals surface area (Å²) in [6, 6.07) is 5.34. The van der Waals surface area contributed by atoms with Crippen molar-refractivity contribution in [3.8, 4) is 0 Å². The second kappa shape index (κ2) is 10.5. The van der Waals surface area contributed by atoms with E-state index < -0.39 is 17.8 Å². The van der Waals surface area contributed by atoms with Gasteiger partial charge in [-0.2, -0.15) is 0 Å². The minimum atomic E-state index is -0.790. The van der Waals surface area contributed by atoms with Crippen LogP contribution < -0.4 is 0 Å². The second-order valence-electron chi connectivity index (χ2n) is 10.3. The molecule has 1 unspecified atom stereocenters. The first-order valence-electron chi connectivity index (χ1n) is 12.3. The first-order valence-corrected chi connectivity index (χ1v) is 12.3. The van der Waals surface area contributed by atoms with Crippen molar-refractivity contribution in [2.45, 2.75) is 70.9 Å². The molecule has 0 bridgehead atoms. The van der Waals surface area contributed by atoms with Gasteiger partial charge in [0.2, 0.25) is 0 Å². The Kier molecular flexibility index (Phi) is 7.66. The summed E-state index contributed by atoms with van der Waals surface area (Å²) in [6.45, 7) is 7.76. The molecule has 1 aromatic heterocycles. The Labute approximate surface area is 205 Å². The number of amides is 2. The number of methoxy groups -OCH3 is 1. The van der Waals surface area contributed by atoms with Gasteiger partial charge in [0, 0.05) is 62.1 Å². The molecule has 2 aromatic rings. The summed E-state index contributed by atoms with van der Waals surface area (Å²) in [5.74, 6) is -0.540. The van der Waals surface area contributed by atoms with E-state index in [4.69, 9.17) is 14.2 Å². The lowest BCUT2D eigenvalue weighted by molar-refractivity contribution is -0.150. The summed E-state index contributed by atoms with van der Waals surface area (Å²) in [5, 5.41) is 0.830. The fourth-order valence-electron chi connectivity index (χ4n) is 4.38. The number of benzene rings is 1. The second-order valence-corrected chi connectivity index (χ2v) is 10.3. The summed E-state index contributed by atoms with van der Waals surface area (Å²) in [7, 11) is 1.67. The number of carbonyl (C=O) groups is 2. The van der Waals surface area contributed by atoms with E-state index in [1.54, 1.807) is 12.0 Å². The molecule has 2 fully saturated rings. The predicted octanol–water partition coefficient (Wildman–Crippen LogP) is 3.94. The average molecular weight is 490 g/mol. The smallest absolute Gasteiger partial charge is 0.410 e. The van der Waals surface area contributed by atoms with Crippen LogP contribution in [0.1, 0.15) is 45.6 Å². The van der Waals surface area contributed by atoms with Gasteiger partial charge in [-0.25, -0.2) is 9.18 Å². The Morgan fingerprint density at radius 3 is 2.71 bits per heavy atom. The zero-order chi connectivity index (χ0) is 25.2. The van der Waals surface area contributed by atoms with E-state index in [9.17, 15) is 9.59 Å². The van der Waals surface area contributed by atoms with Crippen molar-refractivity contribution < 1.29 is 28.2 Å². The summed E-state index contributed by atoms with van der Waals surface area (Å²) >= 11 is 0. The molecular formula is C26H36FN3O5. The van der Waals surface area contributed by atoms with Gasteiger partial charge in [0.15, 0.2) is 6.10 Å². The molecule has 1 atom stereocenters. The van der Waals surface area contributed by atoms with Crippen LogP contribution in [0.3, 0.4) is 0 Å². The topological polar surface area (TPSA) is 73.2 Å². The van der Waals surface area contributed by atoms with E-state index in [2.05, 4.69) is 4.57 Å². The van der Waals surface area contributed by atoms with Gasteiger partial charge in [0.1, 0.15) is 11.4 Å². The molecule has 2 amide bonds. The van der Waals surface area contributed by atoms with Crippen LogP contribution in [-0.4, -0.2) is 77.5 Å². The summed E-state index contributed by atoms with van der Waals surface area (Å²) in [4.78, 5) is 29.2. The van der Waals surface area contributed by atoms with E-state index in [0.717, 1.165) is 36.7 Å². The minimum Gasteiger partial charge on any atom is -0.444 e. The highest BCUT2D eigenvalue weighted by atomic mass is 19.1. The van der Waals surface area contributed by atoms with E-state index in [1.807, 2.05) is 39.1 Å². The molecule has 1 aromatic carbocycles. The van der Waals surface area contributed by atoms with Crippen LogP contribution in [0.25, 0.3) is 10.9 Å². The number of hydrogen-bond donors (Lipinski definition) is 0. The molecule has 35 heavy (non-hydrogen) atoms. The van der Waals surface area contributed by atoms with Crippen molar-refractivity contribution in [1.29, 1.82) is 0 Å². The van der Waals surface area contributed by atoms with Gasteiger partial charge < -0.3 is 28.6 Å². The third kappa shape index (κ3) is 6.32. The van der Waals surface area contributed by atoms with Crippen LogP contribution in [0.4, 0.5) is 9.18 Å². The number of nitrogens with zero attached hydrogens (tertiary/aromatic N) is 3. The number of aromatic nitrogens is 1. The molecule has 0 radical (unpaired) electrons. The Morgan fingerprint density at radius 1 is 1.26 bits per heavy atom. The van der Waals surface area contributed by atoms with Crippen LogP contribution in [0.2, 0.25) is 0 Å². The molecule has 8 nitrogen and oxygen atoms in total. The normalized spacial score (nSPS) is 18.7. The number of ether oxygens (including phenoxy) is 3. The Morgan fingerprint density at radius 2 is 2.03 bits per heavy atom. The molecular weight excluding hydrogens is 453 g/mol. The Hall–Kier alpha value is -2.65. The van der Waals surface area contributed by atoms with Gasteiger partial charge in [-0.05, 0) is 58.2 Å². The molecule has 0 spiro atoms. The van der Waals surface area contributed by atoms with Crippen molar-refractivity contribution >= 4 is 22.9 Å². The standard InChI is InChI=1S/C26H36FN3O5/c1-26(2,3)35-25(32)29-11-13-34-23(17-29)24(31)30(20-6-7-20)16-19-15-22-18(14-21(19)27)8-10-28(22)9-5-12-33-4/h8,10,14-15,20,23H,5-7,9,11-13,16-17H2,1-4H3. The number of rotatable bonds is 8. The number of halogens is 1. The zero-order valence-electron chi connectivity index (χ0n) is 21.1. The summed E-state index contributed by atoms with van der Waals surface area (Å²) in [5.41, 5.74) is 0.793. The molecule has 1 saturated heterocycles. The molecule has 2 aliphatic rings. The van der Waals surface area contributed by atoms with Crippen molar-refractivity contribution in [3.05, 3.63) is 35.8 Å². The molecule has 4 rings (SSSR count). The maximum absolute atomic E-state index is 15.0. The largest absolute Gasteiger partial charge is 0.444 e. The third-order valence-corrected chi connectivity index (χ3v) is 6.29. The number of aryl methyl sites for hydroxylation is 1. The van der Waals surface area contributed by atoms with Crippen molar-refractivity contribution in [2.24, 2.45) is 0 Å². The summed E-state index contributed by atoms with van der Waals surface area (Å²) in [6.07, 6.45) is 3.32. The molecule has 1 aliphatic heterocycles. The van der Waals surface area contributed by atoms with Crippen LogP contribution >= 0.6 is 0 Å². The monoisotopic (exact) mass is 489 g/mol. The number of morpholine rings is 1. The molecule has 9 heteroatoms. The van der Waals surface area contributed by atoms with Crippen molar-refractivity contribution in [3.63, 3.8) is 0 Å². The highest BCUT2D eigenvalue weighted by molar-refractivity contribution is 5.84. The minimum absolute atomic E-state index is 0.0617. The fraction of sp³-hybridized carbons (Fsp3) is 0.615. The van der Waals surface area contributed by atoms with Crippen molar-refractivity contribution in [2.75, 3.05) is 33.4 Å². The molecule has 0 N–H and O–H groups in total. The quantitative estimate of drug-likeness (QED) is 0.525. The van der Waals surface area contributed by atoms with Gasteiger partial charge in [0.05, 0.1) is 13.2 Å². The van der Waals surface area contributed by atoms with Gasteiger partial charge in [0.25, 0.3) is 5.91 Å². The molecule has 1 saturated carbocycles. The van der Waals surface area contributed by atoms with E-state index in [0.29, 0.717) is 18.7 Å². The lowest BCUT2D eigenvalue weighted by atomic mass is 10.1. The van der Waals surface area contributed by atoms with Crippen LogP contribution in [0.5, 0.6) is 0 Å². The number of fused-ring (bicyclic) bond motifs is 1. The van der Waals surface area contributed by atoms with Gasteiger partial charge >= 0.3 is 6.09 Å². The van der Waals surface area contributed by atoms with Crippen molar-refractivity contribution in [1.82, 2.24) is 14.4 Å². The molecule has 2 heterocycles. The first-order chi connectivity index (χ1) is 16.7. The maximum atomic E-state index is 15.0. The van der Waals surface area contributed by atoms with E-state index in [-0.39, 0.29) is 37.5 Å². The zero-order valence-corrected chi connectivity index (χ0v) is 21.1. The van der Waals surface area contributed by atoms with Crippen LogP contribution in [0.15, 0.2) is 24.4 Å². The average Bonchev–Trinajstić information content (AvgIpc) is 3.58. The van der Waals surface area contributed by atoms with Gasteiger partial charge in [-0.1, -0.05) is 0 Å². The van der Waals surface area contributed by atoms with E-state index in [1.165, 1.54) is 11.0 Å². The summed E-state index contributed by atoms with van der Waals surface area (Å²) < 4.78 is 33.5. The molecule has 1 aliphatic carbocycles. The van der Waals surface area contributed by atoms with Crippen LogP contribution in [0, 0.1) is 5.82 Å². The highest BCUT2D eigenvalue weighted by Gasteiger charge is 2.39. The number of hydrogen-bond acceptors (Lipinski definition) is 5. The van der Waals surface area contributed by atoms with E-state index >= 15 is 4.39 Å². The Bertz CT molecular complexity index is 1060. The SMILES string of the molecule is COCCCn1ccc2cc(F)c(CN(C(=O)C3CN(C(=O)OC(C)(C)C)CCO3)C3CC3)cc21. The maximum Gasteiger partial charge on any atom is 0.410 e. The van der Waals surface area contributed by atoms with Gasteiger partial charge in [-0.15, -0.1) is 0 Å². The lowest BCUT2D eigenvalue weighted by Crippen LogP contribution is -2.53. The Balaban J connectivity index is 1.49. The fourth-order valence-corrected chi connectivity index (χ4v) is 4.38. The predicted molar refractivity (Wildman–Crippen MR) is 130 cm³/mol. The number of carbonyl (C=O) groups excluding carboxylic acids is 2. The first kappa shape index (κ1) is 25.4. The lowest BCUT2D eigenvalue weighted by Gasteiger charge is -2.36. The van der Waals surface area contributed by atoms with Crippen LogP contribution in [-0.2, 0) is 32.1 Å². The van der Waals surface area contributed by atoms with Gasteiger partial charge in [-0.3, -0.25) is 4.79 Å².